The molecule has 1 nitrogen and oxygen atoms in total. The topological polar surface area (TPSA) is 9.23 Å². The Kier molecular flexibility index (Phi) is 3.95. The molecule has 0 spiro atoms. The maximum atomic E-state index is 5.92. The summed E-state index contributed by atoms with van der Waals surface area (Å²) in [5.74, 6) is 0.918. The number of rotatable bonds is 2. The lowest BCUT2D eigenvalue weighted by molar-refractivity contribution is 0.131. The van der Waals surface area contributed by atoms with Crippen molar-refractivity contribution in [1.29, 1.82) is 0 Å². The van der Waals surface area contributed by atoms with Crippen LogP contribution in [-0.4, -0.2) is 5.60 Å². The van der Waals surface area contributed by atoms with Gasteiger partial charge < -0.3 is 4.74 Å². The minimum atomic E-state index is -0.166. The fourth-order valence-electron chi connectivity index (χ4n) is 1.76. The summed E-state index contributed by atoms with van der Waals surface area (Å²) in [6, 6.07) is 16.6. The van der Waals surface area contributed by atoms with Crippen molar-refractivity contribution in [3.63, 3.8) is 0 Å². The van der Waals surface area contributed by atoms with E-state index in [2.05, 4.69) is 79.8 Å². The van der Waals surface area contributed by atoms with Gasteiger partial charge in [-0.25, -0.2) is 0 Å². The number of benzene rings is 2. The minimum absolute atomic E-state index is 0.166. The highest BCUT2D eigenvalue weighted by Gasteiger charge is 2.13. The first-order valence-electron chi connectivity index (χ1n) is 6.00. The van der Waals surface area contributed by atoms with Crippen LogP contribution in [0.4, 0.5) is 0 Å². The van der Waals surface area contributed by atoms with E-state index < -0.39 is 0 Å². The molecule has 0 fully saturated rings. The summed E-state index contributed by atoms with van der Waals surface area (Å²) < 4.78 is 7.15. The molecule has 0 atom stereocenters. The third-order valence-corrected chi connectivity index (χ3v) is 3.39. The molecule has 0 heterocycles. The first kappa shape index (κ1) is 13.4. The Morgan fingerprint density at radius 3 is 2.22 bits per heavy atom. The van der Waals surface area contributed by atoms with E-state index in [4.69, 9.17) is 4.74 Å². The van der Waals surface area contributed by atoms with Gasteiger partial charge in [-0.15, -0.1) is 0 Å². The number of hydrogen-bond donors (Lipinski definition) is 0. The van der Waals surface area contributed by atoms with Crippen molar-refractivity contribution in [2.24, 2.45) is 0 Å². The Morgan fingerprint density at radius 2 is 1.61 bits per heavy atom. The van der Waals surface area contributed by atoms with Crippen molar-refractivity contribution in [3.8, 4) is 16.9 Å². The summed E-state index contributed by atoms with van der Waals surface area (Å²) in [7, 11) is 0. The Hall–Kier alpha value is -1.03. The van der Waals surface area contributed by atoms with Crippen LogP contribution >= 0.6 is 22.6 Å². The highest BCUT2D eigenvalue weighted by molar-refractivity contribution is 14.1. The van der Waals surface area contributed by atoms with Crippen molar-refractivity contribution in [2.75, 3.05) is 0 Å². The fourth-order valence-corrected chi connectivity index (χ4v) is 2.41. The van der Waals surface area contributed by atoms with E-state index in [0.29, 0.717) is 0 Å². The smallest absolute Gasteiger partial charge is 0.120 e. The van der Waals surface area contributed by atoms with Gasteiger partial charge in [0, 0.05) is 3.57 Å². The normalized spacial score (nSPS) is 11.3. The summed E-state index contributed by atoms with van der Waals surface area (Å²) >= 11 is 2.36. The summed E-state index contributed by atoms with van der Waals surface area (Å²) in [5, 5.41) is 0. The Bertz CT molecular complexity index is 527. The van der Waals surface area contributed by atoms with Crippen LogP contribution in [0.25, 0.3) is 11.1 Å². The van der Waals surface area contributed by atoms with E-state index in [1.807, 2.05) is 12.1 Å². The van der Waals surface area contributed by atoms with Gasteiger partial charge in [0.25, 0.3) is 0 Å². The number of hydrogen-bond acceptors (Lipinski definition) is 1. The molecule has 0 unspecified atom stereocenters. The van der Waals surface area contributed by atoms with Crippen molar-refractivity contribution >= 4 is 22.6 Å². The fraction of sp³-hybridized carbons (Fsp3) is 0.250. The Morgan fingerprint density at radius 1 is 0.944 bits per heavy atom. The van der Waals surface area contributed by atoms with Gasteiger partial charge in [-0.05, 0) is 72.7 Å². The third kappa shape index (κ3) is 3.48. The van der Waals surface area contributed by atoms with Gasteiger partial charge in [-0.2, -0.15) is 0 Å². The molecule has 0 N–H and O–H groups in total. The molecule has 0 bridgehead atoms. The number of ether oxygens (including phenoxy) is 1. The molecular weight excluding hydrogens is 335 g/mol. The second kappa shape index (κ2) is 5.31. The zero-order valence-corrected chi connectivity index (χ0v) is 13.1. The standard InChI is InChI=1S/C16H17IO/c1-16(2,3)18-13-9-10-15(17)14(11-13)12-7-5-4-6-8-12/h4-11H,1-3H3. The summed E-state index contributed by atoms with van der Waals surface area (Å²) in [6.07, 6.45) is 0. The molecular formula is C16H17IO. The molecule has 0 aromatic heterocycles. The summed E-state index contributed by atoms with van der Waals surface area (Å²) in [6.45, 7) is 6.19. The van der Waals surface area contributed by atoms with Crippen LogP contribution in [0.3, 0.4) is 0 Å². The molecule has 0 amide bonds. The summed E-state index contributed by atoms with van der Waals surface area (Å²) in [4.78, 5) is 0. The molecule has 0 radical (unpaired) electrons. The summed E-state index contributed by atoms with van der Waals surface area (Å²) in [5.41, 5.74) is 2.28. The van der Waals surface area contributed by atoms with E-state index in [0.717, 1.165) is 5.75 Å². The molecule has 2 heteroatoms. The molecule has 2 aromatic carbocycles. The van der Waals surface area contributed by atoms with E-state index in [1.54, 1.807) is 0 Å². The minimum Gasteiger partial charge on any atom is -0.488 e. The van der Waals surface area contributed by atoms with Gasteiger partial charge in [0.2, 0.25) is 0 Å². The highest BCUT2D eigenvalue weighted by Crippen LogP contribution is 2.30. The molecule has 0 aliphatic heterocycles. The van der Waals surface area contributed by atoms with Gasteiger partial charge in [-0.3, -0.25) is 0 Å². The van der Waals surface area contributed by atoms with Gasteiger partial charge in [0.1, 0.15) is 11.4 Å². The van der Waals surface area contributed by atoms with Gasteiger partial charge in [-0.1, -0.05) is 30.3 Å². The lowest BCUT2D eigenvalue weighted by atomic mass is 10.1. The van der Waals surface area contributed by atoms with Crippen LogP contribution in [0.2, 0.25) is 0 Å². The molecule has 0 aliphatic rings. The quantitative estimate of drug-likeness (QED) is 0.681. The zero-order chi connectivity index (χ0) is 13.2. The lowest BCUT2D eigenvalue weighted by Gasteiger charge is -2.22. The maximum absolute atomic E-state index is 5.92. The van der Waals surface area contributed by atoms with Gasteiger partial charge in [0.05, 0.1) is 0 Å². The van der Waals surface area contributed by atoms with Gasteiger partial charge in [0.15, 0.2) is 0 Å². The van der Waals surface area contributed by atoms with Crippen LogP contribution < -0.4 is 4.74 Å². The van der Waals surface area contributed by atoms with Crippen LogP contribution in [0.1, 0.15) is 20.8 Å². The zero-order valence-electron chi connectivity index (χ0n) is 10.9. The SMILES string of the molecule is CC(C)(C)Oc1ccc(I)c(-c2ccccc2)c1. The van der Waals surface area contributed by atoms with E-state index in [1.165, 1.54) is 14.7 Å². The van der Waals surface area contributed by atoms with E-state index in [-0.39, 0.29) is 5.60 Å². The third-order valence-electron chi connectivity index (χ3n) is 2.45. The first-order chi connectivity index (χ1) is 8.46. The van der Waals surface area contributed by atoms with Crippen molar-refractivity contribution in [2.45, 2.75) is 26.4 Å². The molecule has 0 aliphatic carbocycles. The van der Waals surface area contributed by atoms with Crippen molar-refractivity contribution in [3.05, 3.63) is 52.1 Å². The van der Waals surface area contributed by atoms with Crippen molar-refractivity contribution < 1.29 is 4.74 Å². The Labute approximate surface area is 122 Å². The molecule has 2 rings (SSSR count). The second-order valence-electron chi connectivity index (χ2n) is 5.22. The highest BCUT2D eigenvalue weighted by atomic mass is 127. The number of halogens is 1. The predicted octanol–water partition coefficient (Wildman–Crippen LogP) is 5.14. The molecule has 0 saturated carbocycles. The molecule has 18 heavy (non-hydrogen) atoms. The van der Waals surface area contributed by atoms with Crippen molar-refractivity contribution in [1.82, 2.24) is 0 Å². The maximum Gasteiger partial charge on any atom is 0.120 e. The average Bonchev–Trinajstić information content (AvgIpc) is 2.31. The van der Waals surface area contributed by atoms with Crippen LogP contribution in [0, 0.1) is 3.57 Å². The van der Waals surface area contributed by atoms with Crippen LogP contribution in [-0.2, 0) is 0 Å². The van der Waals surface area contributed by atoms with E-state index >= 15 is 0 Å². The monoisotopic (exact) mass is 352 g/mol. The molecule has 0 saturated heterocycles. The first-order valence-corrected chi connectivity index (χ1v) is 7.07. The second-order valence-corrected chi connectivity index (χ2v) is 6.38. The Balaban J connectivity index is 2.39. The van der Waals surface area contributed by atoms with Crippen LogP contribution in [0.5, 0.6) is 5.75 Å². The van der Waals surface area contributed by atoms with Crippen LogP contribution in [0.15, 0.2) is 48.5 Å². The van der Waals surface area contributed by atoms with Gasteiger partial charge >= 0.3 is 0 Å². The van der Waals surface area contributed by atoms with E-state index in [9.17, 15) is 0 Å². The predicted molar refractivity (Wildman–Crippen MR) is 85.0 cm³/mol. The molecule has 94 valence electrons. The average molecular weight is 352 g/mol. The lowest BCUT2D eigenvalue weighted by Crippen LogP contribution is -2.22. The molecule has 2 aromatic rings. The largest absolute Gasteiger partial charge is 0.488 e.